The van der Waals surface area contributed by atoms with Crippen molar-refractivity contribution in [1.29, 1.82) is 0 Å². The highest BCUT2D eigenvalue weighted by molar-refractivity contribution is 6.30. The maximum Gasteiger partial charge on any atom is 0.0555 e. The highest BCUT2D eigenvalue weighted by Gasteiger charge is 2.37. The number of allylic oxidation sites excluding steroid dienone is 2. The van der Waals surface area contributed by atoms with E-state index in [1.54, 1.807) is 0 Å². The number of hydrogen-bond acceptors (Lipinski definition) is 2. The van der Waals surface area contributed by atoms with Crippen LogP contribution in [0.4, 0.5) is 5.69 Å². The molecule has 1 aromatic heterocycles. The molecule has 0 saturated heterocycles. The number of nitrogens with zero attached hydrogens (tertiary/aromatic N) is 1. The lowest BCUT2D eigenvalue weighted by molar-refractivity contribution is 0.425. The van der Waals surface area contributed by atoms with E-state index in [-0.39, 0.29) is 0 Å². The van der Waals surface area contributed by atoms with Crippen LogP contribution in [-0.4, -0.2) is 4.98 Å². The molecule has 20 heavy (non-hydrogen) atoms. The second kappa shape index (κ2) is 4.64. The average molecular weight is 283 g/mol. The van der Waals surface area contributed by atoms with E-state index < -0.39 is 0 Å². The first-order valence-electron chi connectivity index (χ1n) is 6.95. The number of rotatable bonds is 1. The zero-order chi connectivity index (χ0) is 13.5. The molecule has 1 N–H and O–H groups in total. The summed E-state index contributed by atoms with van der Waals surface area (Å²) in [7, 11) is 0. The standard InChI is InChI=1S/C17H15ClN2/c18-12-4-5-16-15(10-12)13-2-1-3-14(13)17(20-16)11-6-8-19-9-7-11/h1-2,4-10,13-14,17,20H,3H2/t13-,14+,17+/m1/s1. The summed E-state index contributed by atoms with van der Waals surface area (Å²) in [6.07, 6.45) is 9.46. The molecule has 3 heteroatoms. The lowest BCUT2D eigenvalue weighted by atomic mass is 9.77. The fraction of sp³-hybridized carbons (Fsp3) is 0.235. The molecule has 0 unspecified atom stereocenters. The number of nitrogens with one attached hydrogen (secondary N) is 1. The lowest BCUT2D eigenvalue weighted by Gasteiger charge is -2.37. The highest BCUT2D eigenvalue weighted by Crippen LogP contribution is 2.50. The van der Waals surface area contributed by atoms with Crippen molar-refractivity contribution < 1.29 is 0 Å². The van der Waals surface area contributed by atoms with Crippen molar-refractivity contribution in [3.8, 4) is 0 Å². The van der Waals surface area contributed by atoms with Crippen LogP contribution in [0, 0.1) is 5.92 Å². The van der Waals surface area contributed by atoms with Gasteiger partial charge in [0.2, 0.25) is 0 Å². The van der Waals surface area contributed by atoms with E-state index in [1.807, 2.05) is 18.5 Å². The van der Waals surface area contributed by atoms with E-state index in [1.165, 1.54) is 16.8 Å². The summed E-state index contributed by atoms with van der Waals surface area (Å²) in [5.74, 6) is 1.02. The molecule has 4 rings (SSSR count). The molecular formula is C17H15ClN2. The molecule has 2 heterocycles. The Morgan fingerprint density at radius 3 is 2.85 bits per heavy atom. The number of anilines is 1. The molecule has 0 amide bonds. The summed E-state index contributed by atoms with van der Waals surface area (Å²) in [4.78, 5) is 4.12. The minimum Gasteiger partial charge on any atom is -0.378 e. The number of aromatic nitrogens is 1. The maximum absolute atomic E-state index is 6.16. The van der Waals surface area contributed by atoms with E-state index in [2.05, 4.69) is 46.7 Å². The minimum absolute atomic E-state index is 0.340. The molecule has 0 spiro atoms. The van der Waals surface area contributed by atoms with Gasteiger partial charge in [-0.15, -0.1) is 0 Å². The van der Waals surface area contributed by atoms with E-state index >= 15 is 0 Å². The number of halogens is 1. The quantitative estimate of drug-likeness (QED) is 0.776. The van der Waals surface area contributed by atoms with Gasteiger partial charge in [0.1, 0.15) is 0 Å². The van der Waals surface area contributed by atoms with Crippen molar-refractivity contribution in [2.24, 2.45) is 5.92 Å². The fourth-order valence-electron chi connectivity index (χ4n) is 3.47. The van der Waals surface area contributed by atoms with Gasteiger partial charge in [0.25, 0.3) is 0 Å². The van der Waals surface area contributed by atoms with E-state index in [0.29, 0.717) is 17.9 Å². The number of hydrogen-bond donors (Lipinski definition) is 1. The third kappa shape index (κ3) is 1.83. The molecule has 0 bridgehead atoms. The van der Waals surface area contributed by atoms with Crippen molar-refractivity contribution in [1.82, 2.24) is 4.98 Å². The first-order chi connectivity index (χ1) is 9.83. The zero-order valence-electron chi connectivity index (χ0n) is 11.0. The molecule has 1 aliphatic heterocycles. The first kappa shape index (κ1) is 12.0. The van der Waals surface area contributed by atoms with Gasteiger partial charge in [0, 0.05) is 29.0 Å². The van der Waals surface area contributed by atoms with Crippen molar-refractivity contribution in [2.45, 2.75) is 18.4 Å². The van der Waals surface area contributed by atoms with Crippen molar-refractivity contribution in [3.63, 3.8) is 0 Å². The number of pyridine rings is 1. The summed E-state index contributed by atoms with van der Waals surface area (Å²) in [5.41, 5.74) is 3.82. The Hall–Kier alpha value is -1.80. The van der Waals surface area contributed by atoms with Gasteiger partial charge in [0.15, 0.2) is 0 Å². The largest absolute Gasteiger partial charge is 0.378 e. The Kier molecular flexibility index (Phi) is 2.78. The summed E-state index contributed by atoms with van der Waals surface area (Å²) >= 11 is 6.16. The van der Waals surface area contributed by atoms with E-state index in [9.17, 15) is 0 Å². The highest BCUT2D eigenvalue weighted by atomic mass is 35.5. The van der Waals surface area contributed by atoms with Crippen molar-refractivity contribution in [2.75, 3.05) is 5.32 Å². The van der Waals surface area contributed by atoms with Gasteiger partial charge in [-0.1, -0.05) is 23.8 Å². The third-order valence-electron chi connectivity index (χ3n) is 4.39. The Morgan fingerprint density at radius 1 is 1.15 bits per heavy atom. The number of benzene rings is 1. The van der Waals surface area contributed by atoms with E-state index in [4.69, 9.17) is 11.6 Å². The topological polar surface area (TPSA) is 24.9 Å². The average Bonchev–Trinajstić information content (AvgIpc) is 2.97. The van der Waals surface area contributed by atoms with Gasteiger partial charge < -0.3 is 5.32 Å². The molecule has 2 aliphatic rings. The van der Waals surface area contributed by atoms with Crippen LogP contribution in [0.2, 0.25) is 5.02 Å². The molecular weight excluding hydrogens is 268 g/mol. The van der Waals surface area contributed by atoms with Crippen LogP contribution < -0.4 is 5.32 Å². The maximum atomic E-state index is 6.16. The fourth-order valence-corrected chi connectivity index (χ4v) is 3.65. The molecule has 0 radical (unpaired) electrons. The second-order valence-electron chi connectivity index (χ2n) is 5.49. The summed E-state index contributed by atoms with van der Waals surface area (Å²) in [5, 5.41) is 4.50. The molecule has 2 aromatic rings. The van der Waals surface area contributed by atoms with Gasteiger partial charge in [-0.25, -0.2) is 0 Å². The minimum atomic E-state index is 0.340. The van der Waals surface area contributed by atoms with Gasteiger partial charge in [-0.3, -0.25) is 4.98 Å². The molecule has 2 nitrogen and oxygen atoms in total. The summed E-state index contributed by atoms with van der Waals surface area (Å²) < 4.78 is 0. The van der Waals surface area contributed by atoms with Crippen LogP contribution in [0.15, 0.2) is 54.9 Å². The molecule has 3 atom stereocenters. The molecule has 1 aromatic carbocycles. The van der Waals surface area contributed by atoms with Gasteiger partial charge in [0.05, 0.1) is 6.04 Å². The summed E-state index contributed by atoms with van der Waals surface area (Å²) in [6.45, 7) is 0. The van der Waals surface area contributed by atoms with Gasteiger partial charge in [-0.2, -0.15) is 0 Å². The molecule has 0 saturated carbocycles. The zero-order valence-corrected chi connectivity index (χ0v) is 11.7. The van der Waals surface area contributed by atoms with Gasteiger partial charge in [-0.05, 0) is 53.8 Å². The van der Waals surface area contributed by atoms with Crippen LogP contribution in [0.5, 0.6) is 0 Å². The smallest absolute Gasteiger partial charge is 0.0555 e. The van der Waals surface area contributed by atoms with E-state index in [0.717, 1.165) is 11.4 Å². The van der Waals surface area contributed by atoms with Crippen molar-refractivity contribution in [3.05, 3.63) is 71.0 Å². The van der Waals surface area contributed by atoms with Crippen LogP contribution in [-0.2, 0) is 0 Å². The van der Waals surface area contributed by atoms with Crippen LogP contribution in [0.3, 0.4) is 0 Å². The first-order valence-corrected chi connectivity index (χ1v) is 7.33. The predicted octanol–water partition coefficient (Wildman–Crippen LogP) is 4.56. The lowest BCUT2D eigenvalue weighted by Crippen LogP contribution is -2.29. The van der Waals surface area contributed by atoms with Crippen LogP contribution in [0.25, 0.3) is 0 Å². The van der Waals surface area contributed by atoms with Crippen molar-refractivity contribution >= 4 is 17.3 Å². The van der Waals surface area contributed by atoms with Crippen LogP contribution >= 0.6 is 11.6 Å². The Morgan fingerprint density at radius 2 is 2.00 bits per heavy atom. The Bertz CT molecular complexity index is 666. The molecule has 1 aliphatic carbocycles. The third-order valence-corrected chi connectivity index (χ3v) is 4.63. The monoisotopic (exact) mass is 282 g/mol. The number of fused-ring (bicyclic) bond motifs is 3. The Labute approximate surface area is 123 Å². The normalized spacial score (nSPS) is 26.8. The SMILES string of the molecule is Clc1ccc2c(c1)[C@@H]1C=CC[C@@H]1[C@H](c1ccncc1)N2. The summed E-state index contributed by atoms with van der Waals surface area (Å²) in [6, 6.07) is 10.7. The molecule has 100 valence electrons. The van der Waals surface area contributed by atoms with Crippen LogP contribution in [0.1, 0.15) is 29.5 Å². The van der Waals surface area contributed by atoms with Gasteiger partial charge >= 0.3 is 0 Å². The predicted molar refractivity (Wildman–Crippen MR) is 82.0 cm³/mol. The molecule has 0 fully saturated rings. The second-order valence-corrected chi connectivity index (χ2v) is 5.92. The Balaban J connectivity index is 1.80.